The summed E-state index contributed by atoms with van der Waals surface area (Å²) in [5.74, 6) is 0.931. The van der Waals surface area contributed by atoms with Crippen molar-refractivity contribution >= 4 is 39.3 Å². The SMILES string of the molecule is C=CCn1c(SCCC(=O)OC)nc2sc3c(c2c1=O)CC[C@H](C)C3. The molecule has 0 spiro atoms. The van der Waals surface area contributed by atoms with Crippen LogP contribution < -0.4 is 5.56 Å². The fourth-order valence-corrected chi connectivity index (χ4v) is 5.48. The van der Waals surface area contributed by atoms with Gasteiger partial charge >= 0.3 is 5.97 Å². The van der Waals surface area contributed by atoms with Crippen LogP contribution in [0.3, 0.4) is 0 Å². The Kier molecular flexibility index (Phi) is 5.64. The Morgan fingerprint density at radius 1 is 1.56 bits per heavy atom. The van der Waals surface area contributed by atoms with Gasteiger partial charge in [-0.2, -0.15) is 0 Å². The van der Waals surface area contributed by atoms with Gasteiger partial charge in [0, 0.05) is 17.2 Å². The maximum atomic E-state index is 13.1. The van der Waals surface area contributed by atoms with Crippen LogP contribution in [-0.2, 0) is 28.9 Å². The van der Waals surface area contributed by atoms with Crippen molar-refractivity contribution < 1.29 is 9.53 Å². The highest BCUT2D eigenvalue weighted by molar-refractivity contribution is 7.99. The van der Waals surface area contributed by atoms with E-state index < -0.39 is 0 Å². The third kappa shape index (κ3) is 3.67. The molecule has 0 aromatic carbocycles. The second kappa shape index (κ2) is 7.74. The van der Waals surface area contributed by atoms with Gasteiger partial charge in [-0.15, -0.1) is 17.9 Å². The van der Waals surface area contributed by atoms with Gasteiger partial charge in [-0.3, -0.25) is 14.2 Å². The van der Waals surface area contributed by atoms with E-state index in [9.17, 15) is 9.59 Å². The van der Waals surface area contributed by atoms with Gasteiger partial charge in [-0.25, -0.2) is 4.98 Å². The predicted octanol–water partition coefficient (Wildman–Crippen LogP) is 3.42. The molecule has 5 nitrogen and oxygen atoms in total. The lowest BCUT2D eigenvalue weighted by Gasteiger charge is -2.17. The van der Waals surface area contributed by atoms with Crippen LogP contribution in [0.25, 0.3) is 10.2 Å². The summed E-state index contributed by atoms with van der Waals surface area (Å²) in [5, 5.41) is 1.43. The standard InChI is InChI=1S/C18H22N2O3S2/c1-4-8-20-17(22)15-12-6-5-11(2)10-13(12)25-16(15)19-18(20)24-9-7-14(21)23-3/h4,11H,1,5-10H2,2-3H3/t11-/m0/s1. The maximum absolute atomic E-state index is 13.1. The predicted molar refractivity (Wildman–Crippen MR) is 103 cm³/mol. The Balaban J connectivity index is 2.01. The van der Waals surface area contributed by atoms with Crippen LogP contribution in [0.1, 0.15) is 30.2 Å². The number of esters is 1. The minimum absolute atomic E-state index is 0.0116. The van der Waals surface area contributed by atoms with E-state index in [-0.39, 0.29) is 11.5 Å². The van der Waals surface area contributed by atoms with Crippen molar-refractivity contribution in [2.75, 3.05) is 12.9 Å². The Morgan fingerprint density at radius 3 is 3.08 bits per heavy atom. The average molecular weight is 379 g/mol. The van der Waals surface area contributed by atoms with E-state index in [1.807, 2.05) is 0 Å². The second-order valence-corrected chi connectivity index (χ2v) is 8.45. The Morgan fingerprint density at radius 2 is 2.36 bits per heavy atom. The molecule has 1 aliphatic carbocycles. The topological polar surface area (TPSA) is 61.2 Å². The van der Waals surface area contributed by atoms with Gasteiger partial charge in [-0.1, -0.05) is 24.8 Å². The molecule has 0 amide bonds. The molecule has 2 aromatic heterocycles. The van der Waals surface area contributed by atoms with Gasteiger partial charge in [0.05, 0.1) is 18.9 Å². The highest BCUT2D eigenvalue weighted by atomic mass is 32.2. The highest BCUT2D eigenvalue weighted by Crippen LogP contribution is 2.36. The number of aromatic nitrogens is 2. The summed E-state index contributed by atoms with van der Waals surface area (Å²) in [6.45, 7) is 6.43. The number of methoxy groups -OCH3 is 1. The molecule has 0 saturated heterocycles. The number of hydrogen-bond acceptors (Lipinski definition) is 6. The van der Waals surface area contributed by atoms with E-state index >= 15 is 0 Å². The first-order valence-electron chi connectivity index (χ1n) is 8.40. The second-order valence-electron chi connectivity index (χ2n) is 6.31. The smallest absolute Gasteiger partial charge is 0.306 e. The van der Waals surface area contributed by atoms with E-state index in [2.05, 4.69) is 18.2 Å². The first-order chi connectivity index (χ1) is 12.0. The molecule has 3 rings (SSSR count). The lowest BCUT2D eigenvalue weighted by molar-refractivity contribution is -0.140. The number of aryl methyl sites for hydroxylation is 1. The largest absolute Gasteiger partial charge is 0.469 e. The first kappa shape index (κ1) is 18.2. The van der Waals surface area contributed by atoms with Crippen LogP contribution in [0.2, 0.25) is 0 Å². The van der Waals surface area contributed by atoms with Gasteiger partial charge in [-0.05, 0) is 30.7 Å². The van der Waals surface area contributed by atoms with Crippen molar-refractivity contribution in [1.29, 1.82) is 0 Å². The number of carbonyl (C=O) groups is 1. The van der Waals surface area contributed by atoms with E-state index in [1.165, 1.54) is 29.3 Å². The average Bonchev–Trinajstić information content (AvgIpc) is 2.95. The van der Waals surface area contributed by atoms with Crippen LogP contribution in [-0.4, -0.2) is 28.4 Å². The first-order valence-corrected chi connectivity index (χ1v) is 10.2. The van der Waals surface area contributed by atoms with Crippen molar-refractivity contribution in [3.63, 3.8) is 0 Å². The number of allylic oxidation sites excluding steroid dienone is 1. The number of thioether (sulfide) groups is 1. The molecule has 0 N–H and O–H groups in total. The summed E-state index contributed by atoms with van der Waals surface area (Å²) in [7, 11) is 1.38. The van der Waals surface area contributed by atoms with Crippen LogP contribution in [0, 0.1) is 5.92 Å². The molecule has 1 atom stereocenters. The molecule has 25 heavy (non-hydrogen) atoms. The van der Waals surface area contributed by atoms with Crippen LogP contribution in [0.5, 0.6) is 0 Å². The quantitative estimate of drug-likeness (QED) is 0.334. The molecule has 0 aliphatic heterocycles. The number of fused-ring (bicyclic) bond motifs is 3. The lowest BCUT2D eigenvalue weighted by atomic mass is 9.89. The van der Waals surface area contributed by atoms with Crippen molar-refractivity contribution in [3.8, 4) is 0 Å². The molecule has 2 heterocycles. The van der Waals surface area contributed by atoms with E-state index in [1.54, 1.807) is 22.0 Å². The lowest BCUT2D eigenvalue weighted by Crippen LogP contribution is -2.23. The summed E-state index contributed by atoms with van der Waals surface area (Å²) in [5.41, 5.74) is 1.21. The van der Waals surface area contributed by atoms with Crippen molar-refractivity contribution in [1.82, 2.24) is 9.55 Å². The highest BCUT2D eigenvalue weighted by Gasteiger charge is 2.24. The van der Waals surface area contributed by atoms with Crippen molar-refractivity contribution in [2.45, 2.75) is 44.3 Å². The molecular formula is C18H22N2O3S2. The van der Waals surface area contributed by atoms with Gasteiger partial charge in [0.15, 0.2) is 5.16 Å². The molecule has 0 unspecified atom stereocenters. The van der Waals surface area contributed by atoms with Gasteiger partial charge < -0.3 is 4.74 Å². The molecule has 134 valence electrons. The van der Waals surface area contributed by atoms with Gasteiger partial charge in [0.1, 0.15) is 4.83 Å². The van der Waals surface area contributed by atoms with Gasteiger partial charge in [0.2, 0.25) is 0 Å². The molecule has 0 saturated carbocycles. The third-order valence-electron chi connectivity index (χ3n) is 4.46. The van der Waals surface area contributed by atoms with E-state index in [4.69, 9.17) is 4.98 Å². The third-order valence-corrected chi connectivity index (χ3v) is 6.58. The molecule has 2 aromatic rings. The van der Waals surface area contributed by atoms with Crippen LogP contribution >= 0.6 is 23.1 Å². The molecular weight excluding hydrogens is 356 g/mol. The van der Waals surface area contributed by atoms with E-state index in [0.29, 0.717) is 29.8 Å². The molecule has 0 radical (unpaired) electrons. The maximum Gasteiger partial charge on any atom is 0.306 e. The minimum atomic E-state index is -0.258. The van der Waals surface area contributed by atoms with Crippen LogP contribution in [0.15, 0.2) is 22.6 Å². The zero-order valence-corrected chi connectivity index (χ0v) is 16.2. The number of carbonyl (C=O) groups excluding carboxylic acids is 1. The van der Waals surface area contributed by atoms with Crippen molar-refractivity contribution in [3.05, 3.63) is 33.4 Å². The number of hydrogen-bond donors (Lipinski definition) is 0. The molecule has 1 aliphatic rings. The summed E-state index contributed by atoms with van der Waals surface area (Å²) in [4.78, 5) is 31.3. The van der Waals surface area contributed by atoms with Crippen molar-refractivity contribution in [2.24, 2.45) is 5.92 Å². The van der Waals surface area contributed by atoms with Crippen LogP contribution in [0.4, 0.5) is 0 Å². The Hall–Kier alpha value is -1.60. The summed E-state index contributed by atoms with van der Waals surface area (Å²) < 4.78 is 6.34. The fraction of sp³-hybridized carbons (Fsp3) is 0.500. The summed E-state index contributed by atoms with van der Waals surface area (Å²) >= 11 is 3.06. The number of thiophene rings is 1. The van der Waals surface area contributed by atoms with E-state index in [0.717, 1.165) is 29.5 Å². The Bertz CT molecular complexity index is 869. The number of rotatable bonds is 6. The zero-order valence-electron chi connectivity index (χ0n) is 14.5. The normalized spacial score (nSPS) is 16.6. The monoisotopic (exact) mass is 378 g/mol. The Labute approximate surface area is 155 Å². The minimum Gasteiger partial charge on any atom is -0.469 e. The molecule has 7 heteroatoms. The van der Waals surface area contributed by atoms with Gasteiger partial charge in [0.25, 0.3) is 5.56 Å². The fourth-order valence-electron chi connectivity index (χ4n) is 3.13. The molecule has 0 fully saturated rings. The summed E-state index contributed by atoms with van der Waals surface area (Å²) in [6.07, 6.45) is 5.11. The number of ether oxygens (including phenoxy) is 1. The summed E-state index contributed by atoms with van der Waals surface area (Å²) in [6, 6.07) is 0. The zero-order chi connectivity index (χ0) is 18.0. The number of nitrogens with zero attached hydrogens (tertiary/aromatic N) is 2. The molecule has 0 bridgehead atoms.